The molecule has 0 saturated heterocycles. The zero-order chi connectivity index (χ0) is 18.4. The third-order valence-corrected chi connectivity index (χ3v) is 3.68. The molecule has 0 aliphatic heterocycles. The lowest BCUT2D eigenvalue weighted by atomic mass is 10.1. The SMILES string of the molecule is C/C=C/C(=O)Nc1ccc(OCCC)c(-c2nc(C)c(C)c(=O)[nH]2)c1. The van der Waals surface area contributed by atoms with Gasteiger partial charge in [-0.3, -0.25) is 9.59 Å². The van der Waals surface area contributed by atoms with Crippen LogP contribution in [-0.2, 0) is 4.79 Å². The molecule has 0 aliphatic carbocycles. The van der Waals surface area contributed by atoms with E-state index in [9.17, 15) is 9.59 Å². The Morgan fingerprint density at radius 3 is 2.76 bits per heavy atom. The van der Waals surface area contributed by atoms with Gasteiger partial charge in [0.2, 0.25) is 5.91 Å². The van der Waals surface area contributed by atoms with E-state index >= 15 is 0 Å². The predicted octanol–water partition coefficient (Wildman–Crippen LogP) is 3.36. The molecule has 1 aromatic carbocycles. The molecule has 2 rings (SSSR count). The number of ether oxygens (including phenoxy) is 1. The van der Waals surface area contributed by atoms with Gasteiger partial charge in [-0.15, -0.1) is 0 Å². The van der Waals surface area contributed by atoms with Crippen molar-refractivity contribution in [3.63, 3.8) is 0 Å². The Kier molecular flexibility index (Phi) is 6.11. The quantitative estimate of drug-likeness (QED) is 0.789. The number of aryl methyl sites for hydroxylation is 1. The average molecular weight is 341 g/mol. The number of carbonyl (C=O) groups excluding carboxylic acids is 1. The van der Waals surface area contributed by atoms with E-state index in [1.165, 1.54) is 6.08 Å². The summed E-state index contributed by atoms with van der Waals surface area (Å²) in [5.41, 5.74) is 2.28. The minimum absolute atomic E-state index is 0.188. The summed E-state index contributed by atoms with van der Waals surface area (Å²) in [4.78, 5) is 31.1. The van der Waals surface area contributed by atoms with Gasteiger partial charge in [-0.2, -0.15) is 0 Å². The van der Waals surface area contributed by atoms with E-state index in [1.807, 2.05) is 6.92 Å². The third kappa shape index (κ3) is 4.56. The zero-order valence-corrected chi connectivity index (χ0v) is 15.0. The van der Waals surface area contributed by atoms with Gasteiger partial charge >= 0.3 is 0 Å². The first-order valence-electron chi connectivity index (χ1n) is 8.24. The fourth-order valence-corrected chi connectivity index (χ4v) is 2.24. The number of hydrogen-bond acceptors (Lipinski definition) is 4. The first-order chi connectivity index (χ1) is 12.0. The van der Waals surface area contributed by atoms with Crippen molar-refractivity contribution < 1.29 is 9.53 Å². The molecule has 2 aromatic rings. The van der Waals surface area contributed by atoms with E-state index in [0.717, 1.165) is 6.42 Å². The van der Waals surface area contributed by atoms with Crippen LogP contribution in [0.15, 0.2) is 35.1 Å². The number of rotatable bonds is 6. The van der Waals surface area contributed by atoms with Crippen LogP contribution in [0.4, 0.5) is 5.69 Å². The molecule has 0 unspecified atom stereocenters. The second kappa shape index (κ2) is 8.28. The maximum atomic E-state index is 12.1. The fourth-order valence-electron chi connectivity index (χ4n) is 2.24. The molecule has 0 radical (unpaired) electrons. The van der Waals surface area contributed by atoms with Crippen LogP contribution < -0.4 is 15.6 Å². The van der Waals surface area contributed by atoms with Crippen molar-refractivity contribution in [1.29, 1.82) is 0 Å². The first kappa shape index (κ1) is 18.4. The summed E-state index contributed by atoms with van der Waals surface area (Å²) in [6.45, 7) is 7.86. The van der Waals surface area contributed by atoms with Gasteiger partial charge in [0.15, 0.2) is 0 Å². The Morgan fingerprint density at radius 1 is 1.36 bits per heavy atom. The number of amides is 1. The van der Waals surface area contributed by atoms with Gasteiger partial charge in [-0.1, -0.05) is 13.0 Å². The van der Waals surface area contributed by atoms with Gasteiger partial charge in [0.25, 0.3) is 5.56 Å². The molecule has 1 amide bonds. The lowest BCUT2D eigenvalue weighted by Crippen LogP contribution is -2.15. The number of nitrogens with zero attached hydrogens (tertiary/aromatic N) is 1. The summed E-state index contributed by atoms with van der Waals surface area (Å²) < 4.78 is 5.77. The zero-order valence-electron chi connectivity index (χ0n) is 15.0. The average Bonchev–Trinajstić information content (AvgIpc) is 2.58. The number of aromatic nitrogens is 2. The smallest absolute Gasteiger partial charge is 0.254 e. The first-order valence-corrected chi connectivity index (χ1v) is 8.24. The highest BCUT2D eigenvalue weighted by molar-refractivity contribution is 5.99. The van der Waals surface area contributed by atoms with Crippen molar-refractivity contribution in [2.24, 2.45) is 0 Å². The van der Waals surface area contributed by atoms with Gasteiger partial charge < -0.3 is 15.0 Å². The Labute approximate surface area is 147 Å². The third-order valence-electron chi connectivity index (χ3n) is 3.68. The molecule has 0 atom stereocenters. The van der Waals surface area contributed by atoms with Crippen LogP contribution >= 0.6 is 0 Å². The van der Waals surface area contributed by atoms with E-state index in [1.54, 1.807) is 45.0 Å². The summed E-state index contributed by atoms with van der Waals surface area (Å²) >= 11 is 0. The van der Waals surface area contributed by atoms with E-state index < -0.39 is 0 Å². The maximum absolute atomic E-state index is 12.1. The Bertz CT molecular complexity index is 853. The van der Waals surface area contributed by atoms with Gasteiger partial charge in [-0.25, -0.2) is 4.98 Å². The normalized spacial score (nSPS) is 10.9. The molecule has 25 heavy (non-hydrogen) atoms. The molecule has 1 heterocycles. The minimum Gasteiger partial charge on any atom is -0.493 e. The van der Waals surface area contributed by atoms with Gasteiger partial charge in [0.1, 0.15) is 11.6 Å². The van der Waals surface area contributed by atoms with Crippen molar-refractivity contribution in [2.75, 3.05) is 11.9 Å². The highest BCUT2D eigenvalue weighted by atomic mass is 16.5. The van der Waals surface area contributed by atoms with Gasteiger partial charge in [0.05, 0.1) is 12.2 Å². The summed E-state index contributed by atoms with van der Waals surface area (Å²) in [6.07, 6.45) is 3.96. The second-order valence-corrected chi connectivity index (χ2v) is 5.67. The van der Waals surface area contributed by atoms with Gasteiger partial charge in [-0.05, 0) is 51.5 Å². The summed E-state index contributed by atoms with van der Waals surface area (Å²) in [5, 5.41) is 2.78. The van der Waals surface area contributed by atoms with E-state index in [2.05, 4.69) is 15.3 Å². The van der Waals surface area contributed by atoms with Crippen LogP contribution in [0.5, 0.6) is 5.75 Å². The number of carbonyl (C=O) groups is 1. The van der Waals surface area contributed by atoms with Crippen molar-refractivity contribution in [3.8, 4) is 17.1 Å². The number of hydrogen-bond donors (Lipinski definition) is 2. The molecule has 0 bridgehead atoms. The van der Waals surface area contributed by atoms with Crippen LogP contribution in [0.25, 0.3) is 11.4 Å². The van der Waals surface area contributed by atoms with Crippen LogP contribution in [0, 0.1) is 13.8 Å². The molecular weight excluding hydrogens is 318 g/mol. The van der Waals surface area contributed by atoms with E-state index in [4.69, 9.17) is 4.74 Å². The Hall–Kier alpha value is -2.89. The Balaban J connectivity index is 2.51. The van der Waals surface area contributed by atoms with Crippen molar-refractivity contribution in [3.05, 3.63) is 52.0 Å². The lowest BCUT2D eigenvalue weighted by Gasteiger charge is -2.13. The minimum atomic E-state index is -0.225. The maximum Gasteiger partial charge on any atom is 0.254 e. The number of H-pyrrole nitrogens is 1. The molecule has 6 nitrogen and oxygen atoms in total. The molecule has 132 valence electrons. The van der Waals surface area contributed by atoms with Crippen LogP contribution in [0.1, 0.15) is 31.5 Å². The van der Waals surface area contributed by atoms with E-state index in [-0.39, 0.29) is 11.5 Å². The van der Waals surface area contributed by atoms with Crippen molar-refractivity contribution >= 4 is 11.6 Å². The number of anilines is 1. The standard InChI is InChI=1S/C19H23N3O3/c1-5-7-17(23)21-14-8-9-16(25-10-6-2)15(11-14)18-20-13(4)12(3)19(24)22-18/h5,7-9,11H,6,10H2,1-4H3,(H,21,23)(H,20,22,24)/b7-5+. The summed E-state index contributed by atoms with van der Waals surface area (Å²) in [6, 6.07) is 5.28. The molecule has 2 N–H and O–H groups in total. The second-order valence-electron chi connectivity index (χ2n) is 5.67. The van der Waals surface area contributed by atoms with E-state index in [0.29, 0.717) is 40.7 Å². The fraction of sp³-hybridized carbons (Fsp3) is 0.316. The number of allylic oxidation sites excluding steroid dienone is 1. The highest BCUT2D eigenvalue weighted by Crippen LogP contribution is 2.30. The van der Waals surface area contributed by atoms with Crippen LogP contribution in [0.3, 0.4) is 0 Å². The Morgan fingerprint density at radius 2 is 2.12 bits per heavy atom. The topological polar surface area (TPSA) is 84.1 Å². The van der Waals surface area contributed by atoms with Crippen LogP contribution in [-0.4, -0.2) is 22.5 Å². The molecule has 0 aliphatic rings. The number of aromatic amines is 1. The highest BCUT2D eigenvalue weighted by Gasteiger charge is 2.13. The number of nitrogens with one attached hydrogen (secondary N) is 2. The monoisotopic (exact) mass is 341 g/mol. The van der Waals surface area contributed by atoms with Crippen molar-refractivity contribution in [2.45, 2.75) is 34.1 Å². The largest absolute Gasteiger partial charge is 0.493 e. The lowest BCUT2D eigenvalue weighted by molar-refractivity contribution is -0.111. The molecular formula is C19H23N3O3. The molecule has 1 aromatic heterocycles. The molecule has 0 spiro atoms. The van der Waals surface area contributed by atoms with Gasteiger partial charge in [0, 0.05) is 16.9 Å². The molecule has 0 saturated carbocycles. The van der Waals surface area contributed by atoms with Crippen molar-refractivity contribution in [1.82, 2.24) is 9.97 Å². The number of benzene rings is 1. The molecule has 0 fully saturated rings. The molecule has 6 heteroatoms. The predicted molar refractivity (Wildman–Crippen MR) is 99.0 cm³/mol. The summed E-state index contributed by atoms with van der Waals surface area (Å²) in [5.74, 6) is 0.802. The summed E-state index contributed by atoms with van der Waals surface area (Å²) in [7, 11) is 0. The van der Waals surface area contributed by atoms with Crippen LogP contribution in [0.2, 0.25) is 0 Å².